The first-order valence-corrected chi connectivity index (χ1v) is 9.91. The summed E-state index contributed by atoms with van der Waals surface area (Å²) in [5.74, 6) is -0.586. The Morgan fingerprint density at radius 3 is 2.67 bits per heavy atom. The van der Waals surface area contributed by atoms with E-state index < -0.39 is 6.04 Å². The predicted octanol–water partition coefficient (Wildman–Crippen LogP) is 3.82. The Morgan fingerprint density at radius 2 is 1.89 bits per heavy atom. The third-order valence-corrected chi connectivity index (χ3v) is 5.49. The van der Waals surface area contributed by atoms with Gasteiger partial charge in [0, 0.05) is 13.0 Å². The number of nitrogens with one attached hydrogen (secondary N) is 2. The summed E-state index contributed by atoms with van der Waals surface area (Å²) in [6.07, 6.45) is 1.59. The maximum absolute atomic E-state index is 12.2. The van der Waals surface area contributed by atoms with Crippen LogP contribution in [-0.4, -0.2) is 29.4 Å². The third-order valence-electron chi connectivity index (χ3n) is 4.06. The quantitative estimate of drug-likeness (QED) is 0.591. The van der Waals surface area contributed by atoms with Crippen LogP contribution < -0.4 is 10.6 Å². The van der Waals surface area contributed by atoms with Crippen molar-refractivity contribution in [2.75, 3.05) is 6.54 Å². The molecule has 0 aliphatic heterocycles. The number of hydrogen-bond acceptors (Lipinski definition) is 4. The van der Waals surface area contributed by atoms with Gasteiger partial charge in [0.2, 0.25) is 5.91 Å². The number of carbonyl (C=O) groups excluding carboxylic acids is 2. The van der Waals surface area contributed by atoms with Crippen LogP contribution >= 0.6 is 22.9 Å². The molecule has 0 aliphatic carbocycles. The minimum Gasteiger partial charge on any atom is -0.354 e. The van der Waals surface area contributed by atoms with Gasteiger partial charge in [-0.05, 0) is 37.6 Å². The number of thiazole rings is 1. The van der Waals surface area contributed by atoms with Gasteiger partial charge in [-0.3, -0.25) is 9.59 Å². The zero-order chi connectivity index (χ0) is 19.2. The van der Waals surface area contributed by atoms with Crippen molar-refractivity contribution in [3.05, 3.63) is 64.1 Å². The molecule has 0 bridgehead atoms. The maximum Gasteiger partial charge on any atom is 0.253 e. The highest BCUT2D eigenvalue weighted by atomic mass is 35.5. The summed E-state index contributed by atoms with van der Waals surface area (Å²) in [6.45, 7) is 2.18. The van der Waals surface area contributed by atoms with E-state index in [0.29, 0.717) is 17.1 Å². The van der Waals surface area contributed by atoms with Crippen LogP contribution in [0.15, 0.2) is 48.5 Å². The molecule has 0 aliphatic rings. The molecule has 1 atom stereocenters. The molecule has 7 heteroatoms. The summed E-state index contributed by atoms with van der Waals surface area (Å²) >= 11 is 7.68. The molecule has 0 saturated heterocycles. The molecule has 1 aromatic heterocycles. The molecule has 2 aromatic carbocycles. The van der Waals surface area contributed by atoms with Crippen LogP contribution in [0.1, 0.15) is 28.7 Å². The lowest BCUT2D eigenvalue weighted by molar-refractivity contribution is -0.122. The average Bonchev–Trinajstić information content (AvgIpc) is 3.08. The van der Waals surface area contributed by atoms with E-state index in [0.717, 1.165) is 23.4 Å². The zero-order valence-corrected chi connectivity index (χ0v) is 16.4. The third kappa shape index (κ3) is 5.05. The molecular formula is C20H20ClN3O2S. The van der Waals surface area contributed by atoms with E-state index in [9.17, 15) is 9.59 Å². The zero-order valence-electron chi connectivity index (χ0n) is 14.9. The summed E-state index contributed by atoms with van der Waals surface area (Å²) in [6, 6.07) is 14.1. The van der Waals surface area contributed by atoms with E-state index in [1.165, 1.54) is 4.70 Å². The Labute approximate surface area is 166 Å². The van der Waals surface area contributed by atoms with Crippen molar-refractivity contribution in [2.24, 2.45) is 0 Å². The minimum atomic E-state index is -0.642. The van der Waals surface area contributed by atoms with Crippen LogP contribution in [0.4, 0.5) is 0 Å². The Hall–Kier alpha value is -2.44. The lowest BCUT2D eigenvalue weighted by Gasteiger charge is -2.14. The van der Waals surface area contributed by atoms with Crippen molar-refractivity contribution < 1.29 is 9.59 Å². The highest BCUT2D eigenvalue weighted by molar-refractivity contribution is 7.18. The number of para-hydroxylation sites is 1. The minimum absolute atomic E-state index is 0.222. The largest absolute Gasteiger partial charge is 0.354 e. The molecule has 3 aromatic rings. The number of fused-ring (bicyclic) bond motifs is 1. The van der Waals surface area contributed by atoms with Gasteiger partial charge in [-0.2, -0.15) is 0 Å². The first-order chi connectivity index (χ1) is 13.0. The standard InChI is InChI=1S/C20H20ClN3O2S/c1-13(23-20(26)14-7-2-3-8-15(14)21)19(25)22-12-6-11-18-24-16-9-4-5-10-17(16)27-18/h2-5,7-10,13H,6,11-12H2,1H3,(H,22,25)(H,23,26). The van der Waals surface area contributed by atoms with Gasteiger partial charge in [-0.1, -0.05) is 35.9 Å². The smallest absolute Gasteiger partial charge is 0.253 e. The molecule has 0 saturated carbocycles. The highest BCUT2D eigenvalue weighted by Crippen LogP contribution is 2.22. The first kappa shape index (κ1) is 19.3. The van der Waals surface area contributed by atoms with Crippen LogP contribution in [0, 0.1) is 0 Å². The lowest BCUT2D eigenvalue weighted by Crippen LogP contribution is -2.45. The second-order valence-corrected chi connectivity index (χ2v) is 7.67. The van der Waals surface area contributed by atoms with Crippen molar-refractivity contribution in [3.8, 4) is 0 Å². The monoisotopic (exact) mass is 401 g/mol. The summed E-state index contributed by atoms with van der Waals surface area (Å²) in [4.78, 5) is 29.0. The Balaban J connectivity index is 1.43. The van der Waals surface area contributed by atoms with E-state index in [2.05, 4.69) is 21.7 Å². The van der Waals surface area contributed by atoms with Crippen molar-refractivity contribution >= 4 is 45.0 Å². The topological polar surface area (TPSA) is 71.1 Å². The first-order valence-electron chi connectivity index (χ1n) is 8.72. The molecule has 1 unspecified atom stereocenters. The molecule has 1 heterocycles. The van der Waals surface area contributed by atoms with Crippen molar-refractivity contribution in [1.82, 2.24) is 15.6 Å². The normalized spacial score (nSPS) is 11.9. The van der Waals surface area contributed by atoms with Crippen LogP contribution in [0.5, 0.6) is 0 Å². The SMILES string of the molecule is CC(NC(=O)c1ccccc1Cl)C(=O)NCCCc1nc2ccccc2s1. The number of amides is 2. The van der Waals surface area contributed by atoms with Crippen molar-refractivity contribution in [3.63, 3.8) is 0 Å². The van der Waals surface area contributed by atoms with Gasteiger partial charge in [0.05, 0.1) is 25.8 Å². The fourth-order valence-electron chi connectivity index (χ4n) is 2.62. The molecule has 27 heavy (non-hydrogen) atoms. The van der Waals surface area contributed by atoms with E-state index >= 15 is 0 Å². The highest BCUT2D eigenvalue weighted by Gasteiger charge is 2.17. The fourth-order valence-corrected chi connectivity index (χ4v) is 3.85. The Kier molecular flexibility index (Phi) is 6.42. The summed E-state index contributed by atoms with van der Waals surface area (Å²) in [7, 11) is 0. The molecule has 3 rings (SSSR count). The van der Waals surface area contributed by atoms with Crippen LogP contribution in [0.2, 0.25) is 5.02 Å². The molecule has 0 radical (unpaired) electrons. The molecule has 5 nitrogen and oxygen atoms in total. The number of nitrogens with zero attached hydrogens (tertiary/aromatic N) is 1. The number of benzene rings is 2. The van der Waals surface area contributed by atoms with Crippen molar-refractivity contribution in [2.45, 2.75) is 25.8 Å². The molecule has 2 N–H and O–H groups in total. The van der Waals surface area contributed by atoms with Gasteiger partial charge in [0.25, 0.3) is 5.91 Å². The van der Waals surface area contributed by atoms with Gasteiger partial charge in [0.15, 0.2) is 0 Å². The van der Waals surface area contributed by atoms with E-state index in [-0.39, 0.29) is 11.8 Å². The Morgan fingerprint density at radius 1 is 1.15 bits per heavy atom. The maximum atomic E-state index is 12.2. The molecule has 0 spiro atoms. The van der Waals surface area contributed by atoms with E-state index in [1.54, 1.807) is 42.5 Å². The Bertz CT molecular complexity index is 924. The van der Waals surface area contributed by atoms with Gasteiger partial charge in [0.1, 0.15) is 6.04 Å². The molecule has 0 fully saturated rings. The molecule has 2 amide bonds. The lowest BCUT2D eigenvalue weighted by atomic mass is 10.2. The van der Waals surface area contributed by atoms with Crippen molar-refractivity contribution in [1.29, 1.82) is 0 Å². The number of aromatic nitrogens is 1. The molecular weight excluding hydrogens is 382 g/mol. The van der Waals surface area contributed by atoms with Gasteiger partial charge in [-0.25, -0.2) is 4.98 Å². The van der Waals surface area contributed by atoms with Crippen LogP contribution in [0.25, 0.3) is 10.2 Å². The second kappa shape index (κ2) is 8.97. The summed E-state index contributed by atoms with van der Waals surface area (Å²) < 4.78 is 1.17. The average molecular weight is 402 g/mol. The summed E-state index contributed by atoms with van der Waals surface area (Å²) in [5.41, 5.74) is 1.37. The number of halogens is 1. The molecule has 140 valence electrons. The van der Waals surface area contributed by atoms with Gasteiger partial charge in [-0.15, -0.1) is 11.3 Å². The fraction of sp³-hybridized carbons (Fsp3) is 0.250. The number of rotatable bonds is 7. The van der Waals surface area contributed by atoms with Crippen LogP contribution in [0.3, 0.4) is 0 Å². The van der Waals surface area contributed by atoms with Gasteiger partial charge >= 0.3 is 0 Å². The van der Waals surface area contributed by atoms with E-state index in [1.807, 2.05) is 18.2 Å². The second-order valence-electron chi connectivity index (χ2n) is 6.14. The van der Waals surface area contributed by atoms with E-state index in [4.69, 9.17) is 11.6 Å². The number of aryl methyl sites for hydroxylation is 1. The van der Waals surface area contributed by atoms with Crippen LogP contribution in [-0.2, 0) is 11.2 Å². The van der Waals surface area contributed by atoms with Gasteiger partial charge < -0.3 is 10.6 Å². The summed E-state index contributed by atoms with van der Waals surface area (Å²) in [5, 5.41) is 6.94. The predicted molar refractivity (Wildman–Crippen MR) is 109 cm³/mol. The number of hydrogen-bond donors (Lipinski definition) is 2. The number of carbonyl (C=O) groups is 2.